The molecule has 0 spiro atoms. The van der Waals surface area contributed by atoms with E-state index in [0.29, 0.717) is 23.3 Å². The van der Waals surface area contributed by atoms with E-state index in [0.717, 1.165) is 11.1 Å². The molecule has 1 fully saturated rings. The van der Waals surface area contributed by atoms with E-state index in [4.69, 9.17) is 14.2 Å². The topological polar surface area (TPSA) is 102 Å². The third kappa shape index (κ3) is 4.18. The summed E-state index contributed by atoms with van der Waals surface area (Å²) in [5.41, 5.74) is 3.03. The van der Waals surface area contributed by atoms with Crippen molar-refractivity contribution in [1.29, 1.82) is 0 Å². The number of phenolic OH excluding ortho intramolecular Hbond substituents is 1. The molecule has 1 N–H and O–H groups in total. The first-order valence-corrected chi connectivity index (χ1v) is 10.8. The first kappa shape index (κ1) is 23.6. The molecule has 0 bridgehead atoms. The van der Waals surface area contributed by atoms with Crippen LogP contribution >= 0.6 is 0 Å². The first-order valence-electron chi connectivity index (χ1n) is 10.8. The van der Waals surface area contributed by atoms with Gasteiger partial charge in [-0.1, -0.05) is 32.4 Å². The maximum absolute atomic E-state index is 12.8. The molecule has 2 heterocycles. The number of methoxy groups -OCH3 is 1. The summed E-state index contributed by atoms with van der Waals surface area (Å²) in [5.74, 6) is -0.423. The summed E-state index contributed by atoms with van der Waals surface area (Å²) in [6.45, 7) is 9.90. The molecule has 0 saturated carbocycles. The summed E-state index contributed by atoms with van der Waals surface area (Å²) in [6, 6.07) is -0.248. The Morgan fingerprint density at radius 2 is 1.97 bits per heavy atom. The maximum atomic E-state index is 12.8. The lowest BCUT2D eigenvalue weighted by atomic mass is 9.92. The van der Waals surface area contributed by atoms with Crippen LogP contribution in [0.5, 0.6) is 11.5 Å². The molecule has 2 atom stereocenters. The number of imide groups is 1. The van der Waals surface area contributed by atoms with Crippen molar-refractivity contribution in [2.24, 2.45) is 11.8 Å². The van der Waals surface area contributed by atoms with Gasteiger partial charge in [-0.25, -0.2) is 14.5 Å². The fourth-order valence-corrected chi connectivity index (χ4v) is 4.23. The van der Waals surface area contributed by atoms with Crippen LogP contribution in [0.3, 0.4) is 0 Å². The SMILES string of the molecule is COc1c(C)c2c(c(O)c1C/C=C(\C)[C@H](C)CC(=O)N1C(=O)OC[C@@H]1C(C)C)C(=O)OC2. The van der Waals surface area contributed by atoms with E-state index in [9.17, 15) is 19.5 Å². The summed E-state index contributed by atoms with van der Waals surface area (Å²) in [4.78, 5) is 38.2. The molecular weight excluding hydrogens is 414 g/mol. The second kappa shape index (κ2) is 9.22. The second-order valence-electron chi connectivity index (χ2n) is 8.82. The van der Waals surface area contributed by atoms with Crippen molar-refractivity contribution in [1.82, 2.24) is 4.90 Å². The van der Waals surface area contributed by atoms with Crippen LogP contribution in [0, 0.1) is 18.8 Å². The molecule has 8 nitrogen and oxygen atoms in total. The van der Waals surface area contributed by atoms with Crippen LogP contribution in [-0.4, -0.2) is 47.7 Å². The van der Waals surface area contributed by atoms with Crippen LogP contribution in [-0.2, 0) is 27.3 Å². The predicted molar refractivity (Wildman–Crippen MR) is 117 cm³/mol. The van der Waals surface area contributed by atoms with Crippen molar-refractivity contribution >= 4 is 18.0 Å². The molecular formula is C24H31NO7. The van der Waals surface area contributed by atoms with Gasteiger partial charge in [-0.15, -0.1) is 0 Å². The van der Waals surface area contributed by atoms with Crippen molar-refractivity contribution in [3.8, 4) is 11.5 Å². The number of aromatic hydroxyl groups is 1. The minimum Gasteiger partial charge on any atom is -0.507 e. The molecule has 1 saturated heterocycles. The monoisotopic (exact) mass is 445 g/mol. The number of hydrogen-bond donors (Lipinski definition) is 1. The zero-order valence-corrected chi connectivity index (χ0v) is 19.5. The summed E-state index contributed by atoms with van der Waals surface area (Å²) in [5, 5.41) is 10.7. The highest BCUT2D eigenvalue weighted by Gasteiger charge is 2.39. The smallest absolute Gasteiger partial charge is 0.416 e. The number of esters is 1. The average Bonchev–Trinajstić information content (AvgIpc) is 3.32. The maximum Gasteiger partial charge on any atom is 0.416 e. The number of cyclic esters (lactones) is 2. The minimum atomic E-state index is -0.585. The molecule has 32 heavy (non-hydrogen) atoms. The molecule has 2 amide bonds. The number of hydrogen-bond acceptors (Lipinski definition) is 7. The van der Waals surface area contributed by atoms with Crippen LogP contribution < -0.4 is 4.74 Å². The van der Waals surface area contributed by atoms with E-state index in [1.54, 1.807) is 0 Å². The van der Waals surface area contributed by atoms with Gasteiger partial charge in [-0.3, -0.25) is 4.79 Å². The normalized spacial score (nSPS) is 19.2. The van der Waals surface area contributed by atoms with Crippen molar-refractivity contribution in [3.05, 3.63) is 33.9 Å². The van der Waals surface area contributed by atoms with Crippen molar-refractivity contribution in [2.45, 2.75) is 60.1 Å². The number of allylic oxidation sites excluding steroid dienone is 2. The van der Waals surface area contributed by atoms with Gasteiger partial charge in [0.2, 0.25) is 5.91 Å². The van der Waals surface area contributed by atoms with E-state index in [2.05, 4.69) is 0 Å². The number of rotatable bonds is 7. The highest BCUT2D eigenvalue weighted by Crippen LogP contribution is 2.42. The molecule has 2 aliphatic rings. The van der Waals surface area contributed by atoms with Crippen LogP contribution in [0.1, 0.15) is 61.2 Å². The standard InChI is InChI=1S/C24H31NO7/c1-12(2)18-11-32-24(29)25(18)19(26)9-14(4)13(3)7-8-16-21(27)20-17(10-31-23(20)28)15(5)22(16)30-6/h7,12,14,18,27H,8-11H2,1-6H3/b13-7+/t14-,18-/m1/s1. The Labute approximate surface area is 188 Å². The van der Waals surface area contributed by atoms with E-state index in [1.807, 2.05) is 40.7 Å². The molecule has 174 valence electrons. The summed E-state index contributed by atoms with van der Waals surface area (Å²) in [7, 11) is 1.52. The highest BCUT2D eigenvalue weighted by molar-refractivity contribution is 5.98. The Morgan fingerprint density at radius 1 is 1.28 bits per heavy atom. The fraction of sp³-hybridized carbons (Fsp3) is 0.542. The number of carbonyl (C=O) groups is 3. The number of nitrogens with zero attached hydrogens (tertiary/aromatic N) is 1. The van der Waals surface area contributed by atoms with Crippen molar-refractivity contribution < 1.29 is 33.7 Å². The van der Waals surface area contributed by atoms with E-state index < -0.39 is 12.1 Å². The molecule has 3 rings (SSSR count). The Kier molecular flexibility index (Phi) is 6.81. The molecule has 0 unspecified atom stereocenters. The third-order valence-electron chi connectivity index (χ3n) is 6.48. The quantitative estimate of drug-likeness (QED) is 0.502. The van der Waals surface area contributed by atoms with Crippen LogP contribution in [0.25, 0.3) is 0 Å². The van der Waals surface area contributed by atoms with E-state index in [1.165, 1.54) is 12.0 Å². The lowest BCUT2D eigenvalue weighted by Crippen LogP contribution is -2.42. The van der Waals surface area contributed by atoms with Crippen molar-refractivity contribution in [3.63, 3.8) is 0 Å². The number of amides is 2. The first-order chi connectivity index (χ1) is 15.1. The molecule has 0 radical (unpaired) electrons. The van der Waals surface area contributed by atoms with Gasteiger partial charge in [0, 0.05) is 17.5 Å². The number of ether oxygens (including phenoxy) is 3. The summed E-state index contributed by atoms with van der Waals surface area (Å²) in [6.07, 6.45) is 1.81. The molecule has 1 aromatic carbocycles. The van der Waals surface area contributed by atoms with Crippen LogP contribution in [0.15, 0.2) is 11.6 Å². The molecule has 1 aromatic rings. The largest absolute Gasteiger partial charge is 0.507 e. The van der Waals surface area contributed by atoms with Gasteiger partial charge in [0.25, 0.3) is 0 Å². The van der Waals surface area contributed by atoms with Gasteiger partial charge >= 0.3 is 12.1 Å². The highest BCUT2D eigenvalue weighted by atomic mass is 16.6. The van der Waals surface area contributed by atoms with E-state index in [-0.39, 0.29) is 54.7 Å². The summed E-state index contributed by atoms with van der Waals surface area (Å²) < 4.78 is 15.7. The Morgan fingerprint density at radius 3 is 2.59 bits per heavy atom. The van der Waals surface area contributed by atoms with Gasteiger partial charge in [-0.2, -0.15) is 0 Å². The predicted octanol–water partition coefficient (Wildman–Crippen LogP) is 3.90. The fourth-order valence-electron chi connectivity index (χ4n) is 4.23. The van der Waals surface area contributed by atoms with Gasteiger partial charge in [0.1, 0.15) is 30.3 Å². The second-order valence-corrected chi connectivity index (χ2v) is 8.82. The molecule has 0 aliphatic carbocycles. The third-order valence-corrected chi connectivity index (χ3v) is 6.48. The number of phenols is 1. The zero-order chi connectivity index (χ0) is 23.7. The number of benzene rings is 1. The van der Waals surface area contributed by atoms with Gasteiger partial charge < -0.3 is 19.3 Å². The van der Waals surface area contributed by atoms with Gasteiger partial charge in [0.05, 0.1) is 13.2 Å². The van der Waals surface area contributed by atoms with Crippen molar-refractivity contribution in [2.75, 3.05) is 13.7 Å². The minimum absolute atomic E-state index is 0.113. The lowest BCUT2D eigenvalue weighted by Gasteiger charge is -2.24. The Bertz CT molecular complexity index is 979. The number of carbonyl (C=O) groups excluding carboxylic acids is 3. The van der Waals surface area contributed by atoms with Gasteiger partial charge in [-0.05, 0) is 37.7 Å². The lowest BCUT2D eigenvalue weighted by molar-refractivity contribution is -0.130. The van der Waals surface area contributed by atoms with Gasteiger partial charge in [0.15, 0.2) is 0 Å². The molecule has 2 aliphatic heterocycles. The summed E-state index contributed by atoms with van der Waals surface area (Å²) >= 11 is 0. The Hall–Kier alpha value is -3.03. The van der Waals surface area contributed by atoms with Crippen LogP contribution in [0.2, 0.25) is 0 Å². The average molecular weight is 446 g/mol. The Balaban J connectivity index is 1.78. The molecule has 0 aromatic heterocycles. The molecule has 8 heteroatoms. The number of fused-ring (bicyclic) bond motifs is 1. The zero-order valence-electron chi connectivity index (χ0n) is 19.5. The van der Waals surface area contributed by atoms with Crippen LogP contribution in [0.4, 0.5) is 4.79 Å². The van der Waals surface area contributed by atoms with E-state index >= 15 is 0 Å².